The van der Waals surface area contributed by atoms with Crippen molar-refractivity contribution in [3.8, 4) is 0 Å². The molecule has 1 aromatic carbocycles. The number of benzene rings is 1. The third-order valence-electron chi connectivity index (χ3n) is 2.53. The second-order valence-electron chi connectivity index (χ2n) is 3.92. The standard InChI is InChI=1S/C13H14N2O2/c1-10-7-8-13(17)15(14-10)9-12(16)11-5-3-2-4-6-11/h2-8,12,16H,9H2,1H3. The number of hydrogen-bond acceptors (Lipinski definition) is 3. The van der Waals surface area contributed by atoms with Crippen LogP contribution in [0.25, 0.3) is 0 Å². The number of hydrogen-bond donors (Lipinski definition) is 1. The monoisotopic (exact) mass is 230 g/mol. The fraction of sp³-hybridized carbons (Fsp3) is 0.231. The second-order valence-corrected chi connectivity index (χ2v) is 3.92. The summed E-state index contributed by atoms with van der Waals surface area (Å²) in [5, 5.41) is 14.1. The van der Waals surface area contributed by atoms with Gasteiger partial charge in [-0.25, -0.2) is 4.68 Å². The van der Waals surface area contributed by atoms with E-state index in [4.69, 9.17) is 0 Å². The van der Waals surface area contributed by atoms with E-state index in [-0.39, 0.29) is 12.1 Å². The van der Waals surface area contributed by atoms with Crippen molar-refractivity contribution in [3.63, 3.8) is 0 Å². The molecule has 0 aliphatic heterocycles. The molecular weight excluding hydrogens is 216 g/mol. The molecule has 0 bridgehead atoms. The van der Waals surface area contributed by atoms with Gasteiger partial charge in [0, 0.05) is 6.07 Å². The fourth-order valence-electron chi connectivity index (χ4n) is 1.63. The molecule has 0 amide bonds. The number of rotatable bonds is 3. The first-order valence-corrected chi connectivity index (χ1v) is 5.44. The highest BCUT2D eigenvalue weighted by Crippen LogP contribution is 2.12. The van der Waals surface area contributed by atoms with Crippen molar-refractivity contribution in [1.82, 2.24) is 9.78 Å². The second kappa shape index (κ2) is 4.93. The van der Waals surface area contributed by atoms with Crippen LogP contribution in [-0.4, -0.2) is 14.9 Å². The van der Waals surface area contributed by atoms with Crippen LogP contribution in [0.1, 0.15) is 17.4 Å². The van der Waals surface area contributed by atoms with E-state index in [1.165, 1.54) is 10.7 Å². The summed E-state index contributed by atoms with van der Waals surface area (Å²) in [4.78, 5) is 11.5. The molecule has 2 aromatic rings. The Morgan fingerprint density at radius 3 is 2.65 bits per heavy atom. The maximum Gasteiger partial charge on any atom is 0.266 e. The zero-order valence-electron chi connectivity index (χ0n) is 9.58. The molecule has 4 nitrogen and oxygen atoms in total. The van der Waals surface area contributed by atoms with Gasteiger partial charge in [-0.3, -0.25) is 4.79 Å². The summed E-state index contributed by atoms with van der Waals surface area (Å²) in [5.41, 5.74) is 1.33. The van der Waals surface area contributed by atoms with Gasteiger partial charge < -0.3 is 5.11 Å². The van der Waals surface area contributed by atoms with E-state index in [2.05, 4.69) is 5.10 Å². The number of nitrogens with zero attached hydrogens (tertiary/aromatic N) is 2. The van der Waals surface area contributed by atoms with Gasteiger partial charge in [0.25, 0.3) is 5.56 Å². The van der Waals surface area contributed by atoms with Gasteiger partial charge in [0.05, 0.1) is 18.3 Å². The minimum absolute atomic E-state index is 0.171. The van der Waals surface area contributed by atoms with Crippen molar-refractivity contribution in [2.24, 2.45) is 0 Å². The molecule has 0 fully saturated rings. The summed E-state index contributed by atoms with van der Waals surface area (Å²) in [7, 11) is 0. The summed E-state index contributed by atoms with van der Waals surface area (Å²) in [5.74, 6) is 0. The van der Waals surface area contributed by atoms with Gasteiger partial charge in [0.1, 0.15) is 0 Å². The SMILES string of the molecule is Cc1ccc(=O)n(CC(O)c2ccccc2)n1. The van der Waals surface area contributed by atoms with E-state index in [0.717, 1.165) is 11.3 Å². The normalized spacial score (nSPS) is 12.4. The molecule has 1 unspecified atom stereocenters. The fourth-order valence-corrected chi connectivity index (χ4v) is 1.63. The molecule has 88 valence electrons. The van der Waals surface area contributed by atoms with Gasteiger partial charge in [-0.1, -0.05) is 30.3 Å². The predicted molar refractivity (Wildman–Crippen MR) is 64.6 cm³/mol. The molecule has 1 aromatic heterocycles. The first-order valence-electron chi connectivity index (χ1n) is 5.44. The van der Waals surface area contributed by atoms with E-state index in [9.17, 15) is 9.90 Å². The molecule has 4 heteroatoms. The predicted octanol–water partition coefficient (Wildman–Crippen LogP) is 1.29. The average Bonchev–Trinajstić information content (AvgIpc) is 2.35. The van der Waals surface area contributed by atoms with Gasteiger partial charge in [0.2, 0.25) is 0 Å². The van der Waals surface area contributed by atoms with Crippen molar-refractivity contribution >= 4 is 0 Å². The van der Waals surface area contributed by atoms with E-state index >= 15 is 0 Å². The maximum atomic E-state index is 11.5. The lowest BCUT2D eigenvalue weighted by molar-refractivity contribution is 0.149. The van der Waals surface area contributed by atoms with Gasteiger partial charge in [-0.05, 0) is 18.6 Å². The maximum absolute atomic E-state index is 11.5. The molecule has 1 atom stereocenters. The molecule has 0 saturated heterocycles. The summed E-state index contributed by atoms with van der Waals surface area (Å²) < 4.78 is 1.28. The molecule has 0 saturated carbocycles. The highest BCUT2D eigenvalue weighted by Gasteiger charge is 2.09. The van der Waals surface area contributed by atoms with Crippen LogP contribution in [0.2, 0.25) is 0 Å². The van der Waals surface area contributed by atoms with E-state index in [0.29, 0.717) is 0 Å². The first-order chi connectivity index (χ1) is 8.16. The third kappa shape index (κ3) is 2.79. The van der Waals surface area contributed by atoms with E-state index in [1.54, 1.807) is 6.07 Å². The largest absolute Gasteiger partial charge is 0.386 e. The number of aryl methyl sites for hydroxylation is 1. The van der Waals surface area contributed by atoms with Crippen molar-refractivity contribution in [3.05, 3.63) is 64.1 Å². The lowest BCUT2D eigenvalue weighted by Gasteiger charge is -2.12. The topological polar surface area (TPSA) is 55.1 Å². The Labute approximate surface area is 99.2 Å². The van der Waals surface area contributed by atoms with E-state index < -0.39 is 6.10 Å². The zero-order chi connectivity index (χ0) is 12.3. The Morgan fingerprint density at radius 1 is 1.24 bits per heavy atom. The average molecular weight is 230 g/mol. The molecule has 2 rings (SSSR count). The van der Waals surface area contributed by atoms with E-state index in [1.807, 2.05) is 37.3 Å². The molecule has 0 aliphatic carbocycles. The van der Waals surface area contributed by atoms with Crippen LogP contribution in [-0.2, 0) is 6.54 Å². The van der Waals surface area contributed by atoms with Crippen molar-refractivity contribution in [1.29, 1.82) is 0 Å². The molecule has 17 heavy (non-hydrogen) atoms. The lowest BCUT2D eigenvalue weighted by atomic mass is 10.1. The summed E-state index contributed by atoms with van der Waals surface area (Å²) in [6.07, 6.45) is -0.719. The Morgan fingerprint density at radius 2 is 1.94 bits per heavy atom. The minimum Gasteiger partial charge on any atom is -0.386 e. The highest BCUT2D eigenvalue weighted by molar-refractivity contribution is 5.17. The van der Waals surface area contributed by atoms with Crippen molar-refractivity contribution in [2.75, 3.05) is 0 Å². The van der Waals surface area contributed by atoms with Gasteiger partial charge in [-0.15, -0.1) is 0 Å². The number of aliphatic hydroxyl groups excluding tert-OH is 1. The number of aliphatic hydroxyl groups is 1. The van der Waals surface area contributed by atoms with Gasteiger partial charge in [0.15, 0.2) is 0 Å². The highest BCUT2D eigenvalue weighted by atomic mass is 16.3. The molecular formula is C13H14N2O2. The summed E-state index contributed by atoms with van der Waals surface area (Å²) >= 11 is 0. The van der Waals surface area contributed by atoms with Crippen LogP contribution in [0.3, 0.4) is 0 Å². The van der Waals surface area contributed by atoms with Crippen molar-refractivity contribution in [2.45, 2.75) is 19.6 Å². The van der Waals surface area contributed by atoms with Crippen LogP contribution in [0.5, 0.6) is 0 Å². The van der Waals surface area contributed by atoms with Crippen LogP contribution >= 0.6 is 0 Å². The van der Waals surface area contributed by atoms with Crippen LogP contribution in [0.15, 0.2) is 47.3 Å². The van der Waals surface area contributed by atoms with Gasteiger partial charge in [-0.2, -0.15) is 5.10 Å². The zero-order valence-corrected chi connectivity index (χ0v) is 9.58. The lowest BCUT2D eigenvalue weighted by Crippen LogP contribution is -2.25. The molecule has 1 N–H and O–H groups in total. The summed E-state index contributed by atoms with van der Waals surface area (Å²) in [6.45, 7) is 1.98. The minimum atomic E-state index is -0.719. The molecule has 0 spiro atoms. The Hall–Kier alpha value is -1.94. The Kier molecular flexibility index (Phi) is 3.35. The first kappa shape index (κ1) is 11.5. The molecule has 1 heterocycles. The Balaban J connectivity index is 2.21. The third-order valence-corrected chi connectivity index (χ3v) is 2.53. The van der Waals surface area contributed by atoms with Gasteiger partial charge >= 0.3 is 0 Å². The number of aromatic nitrogens is 2. The molecule has 0 aliphatic rings. The smallest absolute Gasteiger partial charge is 0.266 e. The Bertz CT molecular complexity index is 549. The van der Waals surface area contributed by atoms with Crippen LogP contribution in [0.4, 0.5) is 0 Å². The summed E-state index contributed by atoms with van der Waals surface area (Å²) in [6, 6.07) is 12.4. The van der Waals surface area contributed by atoms with Crippen LogP contribution in [0, 0.1) is 6.92 Å². The van der Waals surface area contributed by atoms with Crippen molar-refractivity contribution < 1.29 is 5.11 Å². The molecule has 0 radical (unpaired) electrons. The van der Waals surface area contributed by atoms with Crippen LogP contribution < -0.4 is 5.56 Å². The quantitative estimate of drug-likeness (QED) is 0.864.